The normalized spacial score (nSPS) is 13.2. The van der Waals surface area contributed by atoms with Gasteiger partial charge in [-0.05, 0) is 28.3 Å². The molecule has 0 radical (unpaired) electrons. The van der Waals surface area contributed by atoms with Crippen molar-refractivity contribution in [3.05, 3.63) is 54.1 Å². The lowest BCUT2D eigenvalue weighted by molar-refractivity contribution is -0.141. The second-order valence-electron chi connectivity index (χ2n) is 5.07. The second-order valence-corrected chi connectivity index (χ2v) is 5.07. The van der Waals surface area contributed by atoms with E-state index in [0.717, 1.165) is 5.56 Å². The highest BCUT2D eigenvalue weighted by Gasteiger charge is 2.17. The van der Waals surface area contributed by atoms with E-state index in [0.29, 0.717) is 0 Å². The summed E-state index contributed by atoms with van der Waals surface area (Å²) < 4.78 is 0. The molecule has 0 amide bonds. The highest BCUT2D eigenvalue weighted by molar-refractivity contribution is 5.85. The van der Waals surface area contributed by atoms with Crippen LogP contribution in [0.2, 0.25) is 0 Å². The van der Waals surface area contributed by atoms with Crippen LogP contribution in [0, 0.1) is 11.8 Å². The Bertz CT molecular complexity index is 611. The first-order chi connectivity index (χ1) is 9.08. The number of hydrogen-bond donors (Lipinski definition) is 1. The molecule has 0 aliphatic heterocycles. The van der Waals surface area contributed by atoms with Gasteiger partial charge in [0.2, 0.25) is 0 Å². The van der Waals surface area contributed by atoms with Crippen LogP contribution in [-0.2, 0) is 4.79 Å². The molecule has 0 aromatic heterocycles. The third kappa shape index (κ3) is 3.22. The van der Waals surface area contributed by atoms with Gasteiger partial charge in [0.15, 0.2) is 0 Å². The van der Waals surface area contributed by atoms with Crippen LogP contribution >= 0.6 is 0 Å². The van der Waals surface area contributed by atoms with E-state index in [1.165, 1.54) is 10.8 Å². The number of fused-ring (bicyclic) bond motifs is 1. The molecule has 1 N–H and O–H groups in total. The molecule has 0 bridgehead atoms. The number of rotatable bonds is 4. The van der Waals surface area contributed by atoms with Crippen LogP contribution < -0.4 is 0 Å². The van der Waals surface area contributed by atoms with Crippen LogP contribution in [-0.4, -0.2) is 11.1 Å². The Labute approximate surface area is 113 Å². The van der Waals surface area contributed by atoms with Gasteiger partial charge < -0.3 is 5.11 Å². The maximum Gasteiger partial charge on any atom is 0.310 e. The van der Waals surface area contributed by atoms with E-state index in [9.17, 15) is 4.79 Å². The topological polar surface area (TPSA) is 37.3 Å². The summed E-state index contributed by atoms with van der Waals surface area (Å²) in [7, 11) is 0. The first kappa shape index (κ1) is 13.3. The zero-order valence-corrected chi connectivity index (χ0v) is 11.2. The molecular weight excluding hydrogens is 236 g/mol. The van der Waals surface area contributed by atoms with E-state index in [4.69, 9.17) is 5.11 Å². The number of carboxylic acid groups (broad SMARTS) is 1. The molecule has 0 aliphatic rings. The molecule has 98 valence electrons. The summed E-state index contributed by atoms with van der Waals surface area (Å²) in [5.74, 6) is -1.12. The highest BCUT2D eigenvalue weighted by Crippen LogP contribution is 2.19. The maximum absolute atomic E-state index is 11.1. The molecule has 0 aliphatic carbocycles. The largest absolute Gasteiger partial charge is 0.481 e. The van der Waals surface area contributed by atoms with Crippen LogP contribution in [0.15, 0.2) is 48.5 Å². The van der Waals surface area contributed by atoms with Crippen molar-refractivity contribution >= 4 is 22.8 Å². The Kier molecular flexibility index (Phi) is 4.00. The van der Waals surface area contributed by atoms with Gasteiger partial charge in [-0.1, -0.05) is 62.4 Å². The van der Waals surface area contributed by atoms with Gasteiger partial charge in [0.05, 0.1) is 5.92 Å². The zero-order valence-electron chi connectivity index (χ0n) is 11.2. The number of benzene rings is 2. The van der Waals surface area contributed by atoms with Crippen molar-refractivity contribution in [3.8, 4) is 0 Å². The molecule has 0 heterocycles. The number of carboxylic acids is 1. The lowest BCUT2D eigenvalue weighted by Crippen LogP contribution is -2.16. The van der Waals surface area contributed by atoms with Crippen molar-refractivity contribution in [1.82, 2.24) is 0 Å². The number of hydrogen-bond acceptors (Lipinski definition) is 1. The molecule has 0 spiro atoms. The van der Waals surface area contributed by atoms with E-state index in [1.54, 1.807) is 6.08 Å². The minimum absolute atomic E-state index is 0.0919. The summed E-state index contributed by atoms with van der Waals surface area (Å²) >= 11 is 0. The van der Waals surface area contributed by atoms with Crippen molar-refractivity contribution < 1.29 is 9.90 Å². The van der Waals surface area contributed by atoms with Gasteiger partial charge in [0, 0.05) is 0 Å². The van der Waals surface area contributed by atoms with Crippen molar-refractivity contribution in [2.24, 2.45) is 11.8 Å². The van der Waals surface area contributed by atoms with Gasteiger partial charge in [-0.15, -0.1) is 0 Å². The Morgan fingerprint density at radius 1 is 1.11 bits per heavy atom. The third-order valence-electron chi connectivity index (χ3n) is 3.27. The van der Waals surface area contributed by atoms with Gasteiger partial charge in [0.25, 0.3) is 0 Å². The van der Waals surface area contributed by atoms with Gasteiger partial charge >= 0.3 is 5.97 Å². The predicted molar refractivity (Wildman–Crippen MR) is 78.9 cm³/mol. The van der Waals surface area contributed by atoms with Crippen molar-refractivity contribution in [3.63, 3.8) is 0 Å². The highest BCUT2D eigenvalue weighted by atomic mass is 16.4. The molecule has 0 saturated carbocycles. The lowest BCUT2D eigenvalue weighted by atomic mass is 9.94. The van der Waals surface area contributed by atoms with Crippen molar-refractivity contribution in [1.29, 1.82) is 0 Å². The van der Waals surface area contributed by atoms with Gasteiger partial charge in [0.1, 0.15) is 0 Å². The number of carbonyl (C=O) groups is 1. The Morgan fingerprint density at radius 3 is 2.42 bits per heavy atom. The van der Waals surface area contributed by atoms with Crippen LogP contribution in [0.25, 0.3) is 16.8 Å². The summed E-state index contributed by atoms with van der Waals surface area (Å²) in [5, 5.41) is 11.5. The summed E-state index contributed by atoms with van der Waals surface area (Å²) in [6.45, 7) is 3.84. The molecule has 1 unspecified atom stereocenters. The molecule has 2 rings (SSSR count). The molecule has 2 nitrogen and oxygen atoms in total. The molecule has 2 heteroatoms. The zero-order chi connectivity index (χ0) is 13.8. The molecular formula is C17H18O2. The second kappa shape index (κ2) is 5.70. The van der Waals surface area contributed by atoms with Crippen LogP contribution in [0.4, 0.5) is 0 Å². The van der Waals surface area contributed by atoms with E-state index in [1.807, 2.05) is 38.1 Å². The average molecular weight is 254 g/mol. The monoisotopic (exact) mass is 254 g/mol. The molecule has 2 aromatic rings. The first-order valence-corrected chi connectivity index (χ1v) is 6.48. The fraction of sp³-hybridized carbons (Fsp3) is 0.235. The van der Waals surface area contributed by atoms with Crippen molar-refractivity contribution in [2.45, 2.75) is 13.8 Å². The Morgan fingerprint density at radius 2 is 1.79 bits per heavy atom. The van der Waals surface area contributed by atoms with Gasteiger partial charge in [-0.25, -0.2) is 0 Å². The Balaban J connectivity index is 2.27. The smallest absolute Gasteiger partial charge is 0.310 e. The molecule has 0 fully saturated rings. The average Bonchev–Trinajstić information content (AvgIpc) is 2.38. The maximum atomic E-state index is 11.1. The summed E-state index contributed by atoms with van der Waals surface area (Å²) in [5.41, 5.74) is 1.03. The van der Waals surface area contributed by atoms with Crippen molar-refractivity contribution in [2.75, 3.05) is 0 Å². The molecule has 0 saturated heterocycles. The summed E-state index contributed by atoms with van der Waals surface area (Å²) in [4.78, 5) is 11.1. The predicted octanol–water partition coefficient (Wildman–Crippen LogP) is 4.21. The molecule has 1 atom stereocenters. The fourth-order valence-electron chi connectivity index (χ4n) is 2.12. The molecule has 19 heavy (non-hydrogen) atoms. The minimum atomic E-state index is -0.771. The van der Waals surface area contributed by atoms with E-state index < -0.39 is 11.9 Å². The third-order valence-corrected chi connectivity index (χ3v) is 3.27. The minimum Gasteiger partial charge on any atom is -0.481 e. The van der Waals surface area contributed by atoms with E-state index >= 15 is 0 Å². The van der Waals surface area contributed by atoms with Crippen LogP contribution in [0.5, 0.6) is 0 Å². The summed E-state index contributed by atoms with van der Waals surface area (Å²) in [6, 6.07) is 14.3. The van der Waals surface area contributed by atoms with E-state index in [-0.39, 0.29) is 5.92 Å². The standard InChI is InChI=1S/C17H18O2/c1-12(2)16(17(18)19)10-8-13-7-9-14-5-3-4-6-15(14)11-13/h3-12,16H,1-2H3,(H,18,19)/b10-8+. The SMILES string of the molecule is CC(C)C(/C=C/c1ccc2ccccc2c1)C(=O)O. The van der Waals surface area contributed by atoms with Gasteiger partial charge in [-0.3, -0.25) is 4.79 Å². The molecule has 2 aromatic carbocycles. The summed E-state index contributed by atoms with van der Waals surface area (Å²) in [6.07, 6.45) is 3.67. The lowest BCUT2D eigenvalue weighted by Gasteiger charge is -2.11. The number of aliphatic carboxylic acids is 1. The van der Waals surface area contributed by atoms with E-state index in [2.05, 4.69) is 24.3 Å². The van der Waals surface area contributed by atoms with Crippen LogP contribution in [0.1, 0.15) is 19.4 Å². The van der Waals surface area contributed by atoms with Gasteiger partial charge in [-0.2, -0.15) is 0 Å². The van der Waals surface area contributed by atoms with Crippen LogP contribution in [0.3, 0.4) is 0 Å². The fourth-order valence-corrected chi connectivity index (χ4v) is 2.12. The quantitative estimate of drug-likeness (QED) is 0.887. The first-order valence-electron chi connectivity index (χ1n) is 6.48. The Hall–Kier alpha value is -2.09.